The molecule has 0 atom stereocenters. The van der Waals surface area contributed by atoms with Crippen molar-refractivity contribution in [1.82, 2.24) is 9.88 Å². The van der Waals surface area contributed by atoms with E-state index in [4.69, 9.17) is 4.42 Å². The molecule has 0 bridgehead atoms. The van der Waals surface area contributed by atoms with Gasteiger partial charge in [-0.2, -0.15) is 0 Å². The van der Waals surface area contributed by atoms with Gasteiger partial charge in [-0.05, 0) is 30.3 Å². The van der Waals surface area contributed by atoms with Crippen LogP contribution >= 0.6 is 0 Å². The van der Waals surface area contributed by atoms with Gasteiger partial charge in [0.15, 0.2) is 5.58 Å². The number of non-ortho nitro benzene ring substituents is 1. The lowest BCUT2D eigenvalue weighted by molar-refractivity contribution is -0.384. The van der Waals surface area contributed by atoms with Crippen molar-refractivity contribution in [2.75, 3.05) is 11.9 Å². The first-order valence-corrected chi connectivity index (χ1v) is 10.3. The first-order valence-electron chi connectivity index (χ1n) is 10.3. The van der Waals surface area contributed by atoms with Crippen LogP contribution in [0.2, 0.25) is 0 Å². The summed E-state index contributed by atoms with van der Waals surface area (Å²) in [4.78, 5) is 53.5. The van der Waals surface area contributed by atoms with Crippen molar-refractivity contribution >= 4 is 40.2 Å². The molecule has 3 amide bonds. The summed E-state index contributed by atoms with van der Waals surface area (Å²) in [5, 5.41) is 13.8. The van der Waals surface area contributed by atoms with Crippen molar-refractivity contribution in [3.05, 3.63) is 88.0 Å². The van der Waals surface area contributed by atoms with Gasteiger partial charge >= 0.3 is 0 Å². The van der Waals surface area contributed by atoms with E-state index < -0.39 is 22.6 Å². The maximum atomic E-state index is 12.6. The highest BCUT2D eigenvalue weighted by atomic mass is 16.6. The summed E-state index contributed by atoms with van der Waals surface area (Å²) in [7, 11) is 0. The molecule has 3 aromatic carbocycles. The number of rotatable bonds is 6. The van der Waals surface area contributed by atoms with Crippen molar-refractivity contribution in [2.24, 2.45) is 0 Å². The Morgan fingerprint density at radius 2 is 1.62 bits per heavy atom. The fraction of sp³-hybridized carbons (Fsp3) is 0.0833. The lowest BCUT2D eigenvalue weighted by Crippen LogP contribution is -2.32. The Bertz CT molecular complexity index is 1460. The number of nitrogens with one attached hydrogen (secondary N) is 1. The summed E-state index contributed by atoms with van der Waals surface area (Å²) in [5.41, 5.74) is 2.13. The molecule has 1 aliphatic rings. The predicted molar refractivity (Wildman–Crippen MR) is 121 cm³/mol. The fourth-order valence-corrected chi connectivity index (χ4v) is 3.79. The Labute approximate surface area is 192 Å². The van der Waals surface area contributed by atoms with Gasteiger partial charge in [-0.3, -0.25) is 29.4 Å². The summed E-state index contributed by atoms with van der Waals surface area (Å²) in [6.45, 7) is -0.0626. The maximum Gasteiger partial charge on any atom is 0.271 e. The molecule has 0 aliphatic carbocycles. The Kier molecular flexibility index (Phi) is 5.09. The van der Waals surface area contributed by atoms with E-state index in [1.54, 1.807) is 48.5 Å². The number of hydrogen-bond donors (Lipinski definition) is 1. The number of anilines is 1. The smallest absolute Gasteiger partial charge is 0.271 e. The second kappa shape index (κ2) is 8.24. The lowest BCUT2D eigenvalue weighted by Gasteiger charge is -2.14. The number of fused-ring (bicyclic) bond motifs is 2. The Hall–Kier alpha value is -4.86. The van der Waals surface area contributed by atoms with Crippen LogP contribution in [-0.2, 0) is 4.79 Å². The van der Waals surface area contributed by atoms with E-state index in [1.807, 2.05) is 0 Å². The molecule has 0 unspecified atom stereocenters. The van der Waals surface area contributed by atoms with Gasteiger partial charge < -0.3 is 9.73 Å². The zero-order chi connectivity index (χ0) is 23.8. The minimum Gasteiger partial charge on any atom is -0.436 e. The van der Waals surface area contributed by atoms with Crippen molar-refractivity contribution in [2.45, 2.75) is 6.42 Å². The highest BCUT2D eigenvalue weighted by Gasteiger charge is 2.35. The number of nitro groups is 1. The van der Waals surface area contributed by atoms with Crippen molar-refractivity contribution < 1.29 is 23.7 Å². The van der Waals surface area contributed by atoms with E-state index in [-0.39, 0.29) is 24.5 Å². The molecular weight excluding hydrogens is 440 g/mol. The molecule has 34 heavy (non-hydrogen) atoms. The van der Waals surface area contributed by atoms with Crippen molar-refractivity contribution in [3.8, 4) is 11.5 Å². The highest BCUT2D eigenvalue weighted by molar-refractivity contribution is 6.21. The number of aromatic nitrogens is 1. The van der Waals surface area contributed by atoms with E-state index in [0.717, 1.165) is 4.90 Å². The summed E-state index contributed by atoms with van der Waals surface area (Å²) in [6, 6.07) is 17.4. The second-order valence-corrected chi connectivity index (χ2v) is 7.58. The van der Waals surface area contributed by atoms with E-state index >= 15 is 0 Å². The van der Waals surface area contributed by atoms with Crippen molar-refractivity contribution in [3.63, 3.8) is 0 Å². The molecule has 10 heteroatoms. The van der Waals surface area contributed by atoms with Crippen LogP contribution in [0.5, 0.6) is 0 Å². The number of benzene rings is 3. The number of nitro benzene ring substituents is 1. The van der Waals surface area contributed by atoms with E-state index in [1.165, 1.54) is 18.2 Å². The van der Waals surface area contributed by atoms with Crippen LogP contribution in [0.15, 0.2) is 71.1 Å². The molecule has 4 aromatic rings. The normalized spacial score (nSPS) is 12.8. The lowest BCUT2D eigenvalue weighted by atomic mass is 10.1. The van der Waals surface area contributed by atoms with Crippen LogP contribution < -0.4 is 5.32 Å². The molecule has 1 aromatic heterocycles. The third-order valence-electron chi connectivity index (χ3n) is 5.45. The zero-order valence-corrected chi connectivity index (χ0v) is 17.6. The number of imide groups is 1. The Balaban J connectivity index is 1.32. The number of carbonyl (C=O) groups is 3. The average molecular weight is 456 g/mol. The molecule has 0 saturated carbocycles. The summed E-state index contributed by atoms with van der Waals surface area (Å²) >= 11 is 0. The molecule has 1 N–H and O–H groups in total. The Morgan fingerprint density at radius 1 is 0.971 bits per heavy atom. The van der Waals surface area contributed by atoms with Crippen LogP contribution in [0.1, 0.15) is 27.1 Å². The quantitative estimate of drug-likeness (QED) is 0.263. The monoisotopic (exact) mass is 456 g/mol. The number of oxazole rings is 1. The molecule has 168 valence electrons. The number of amides is 3. The molecule has 1 aliphatic heterocycles. The topological polar surface area (TPSA) is 136 Å². The van der Waals surface area contributed by atoms with E-state index in [0.29, 0.717) is 33.5 Å². The van der Waals surface area contributed by atoms with Gasteiger partial charge in [-0.25, -0.2) is 4.98 Å². The summed E-state index contributed by atoms with van der Waals surface area (Å²) < 4.78 is 5.73. The predicted octanol–water partition coefficient (Wildman–Crippen LogP) is 4.03. The van der Waals surface area contributed by atoms with Gasteiger partial charge in [-0.1, -0.05) is 24.3 Å². The summed E-state index contributed by atoms with van der Waals surface area (Å²) in [5.74, 6) is -1.06. The molecular formula is C24H16N4O6. The first kappa shape index (κ1) is 21.0. The van der Waals surface area contributed by atoms with Crippen molar-refractivity contribution in [1.29, 1.82) is 0 Å². The first-order chi connectivity index (χ1) is 16.4. The van der Waals surface area contributed by atoms with Gasteiger partial charge in [-0.15, -0.1) is 0 Å². The maximum absolute atomic E-state index is 12.6. The van der Waals surface area contributed by atoms with E-state index in [2.05, 4.69) is 10.3 Å². The fourth-order valence-electron chi connectivity index (χ4n) is 3.79. The Morgan fingerprint density at radius 3 is 2.29 bits per heavy atom. The standard InChI is InChI=1S/C24H16N4O6/c29-21(11-12-27-23(30)15-5-1-2-6-16(15)24(27)31)25-18-8-4-3-7-17(18)22-26-19-13-14(28(32)33)9-10-20(19)34-22/h1-10,13H,11-12H2,(H,25,29). The zero-order valence-electron chi connectivity index (χ0n) is 17.6. The third kappa shape index (κ3) is 3.66. The van der Waals surface area contributed by atoms with Gasteiger partial charge in [0.05, 0.1) is 27.3 Å². The molecule has 5 rings (SSSR count). The van der Waals surface area contributed by atoms with Crippen LogP contribution in [0.25, 0.3) is 22.6 Å². The minimum atomic E-state index is -0.518. The number of nitrogens with zero attached hydrogens (tertiary/aromatic N) is 3. The van der Waals surface area contributed by atoms with Crippen LogP contribution in [0.3, 0.4) is 0 Å². The molecule has 10 nitrogen and oxygen atoms in total. The van der Waals surface area contributed by atoms with Gasteiger partial charge in [0, 0.05) is 25.1 Å². The van der Waals surface area contributed by atoms with Crippen LogP contribution in [0, 0.1) is 10.1 Å². The average Bonchev–Trinajstić information content (AvgIpc) is 3.37. The molecule has 0 radical (unpaired) electrons. The highest BCUT2D eigenvalue weighted by Crippen LogP contribution is 2.31. The molecule has 0 spiro atoms. The second-order valence-electron chi connectivity index (χ2n) is 7.58. The van der Waals surface area contributed by atoms with Gasteiger partial charge in [0.25, 0.3) is 17.5 Å². The van der Waals surface area contributed by atoms with Crippen LogP contribution in [0.4, 0.5) is 11.4 Å². The largest absolute Gasteiger partial charge is 0.436 e. The molecule has 0 saturated heterocycles. The molecule has 2 heterocycles. The number of para-hydroxylation sites is 1. The molecule has 0 fully saturated rings. The third-order valence-corrected chi connectivity index (χ3v) is 5.45. The number of carbonyl (C=O) groups excluding carboxylic acids is 3. The van der Waals surface area contributed by atoms with Crippen LogP contribution in [-0.4, -0.2) is 39.1 Å². The minimum absolute atomic E-state index is 0.0626. The SMILES string of the molecule is O=C(CCN1C(=O)c2ccccc2C1=O)Nc1ccccc1-c1nc2cc([N+](=O)[O-])ccc2o1. The summed E-state index contributed by atoms with van der Waals surface area (Å²) in [6.07, 6.45) is -0.0977. The van der Waals surface area contributed by atoms with E-state index in [9.17, 15) is 24.5 Å². The van der Waals surface area contributed by atoms with Gasteiger partial charge in [0.2, 0.25) is 11.8 Å². The van der Waals surface area contributed by atoms with Gasteiger partial charge in [0.1, 0.15) is 5.52 Å². The number of hydrogen-bond acceptors (Lipinski definition) is 7.